The second-order valence-corrected chi connectivity index (χ2v) is 10.6. The van der Waals surface area contributed by atoms with Gasteiger partial charge in [-0.3, -0.25) is 14.1 Å². The molecule has 0 aliphatic carbocycles. The number of sulfonamides is 1. The van der Waals surface area contributed by atoms with Crippen LogP contribution >= 0.6 is 23.4 Å². The van der Waals surface area contributed by atoms with Crippen molar-refractivity contribution in [2.75, 3.05) is 25.4 Å². The highest BCUT2D eigenvalue weighted by Crippen LogP contribution is 2.35. The van der Waals surface area contributed by atoms with Gasteiger partial charge in [0.25, 0.3) is 10.0 Å². The Balaban J connectivity index is 1.67. The van der Waals surface area contributed by atoms with Crippen molar-refractivity contribution in [2.24, 2.45) is 4.99 Å². The highest BCUT2D eigenvalue weighted by molar-refractivity contribution is 8.16. The summed E-state index contributed by atoms with van der Waals surface area (Å²) in [6.07, 6.45) is 4.23. The summed E-state index contributed by atoms with van der Waals surface area (Å²) in [4.78, 5) is 19.9. The first kappa shape index (κ1) is 21.2. The zero-order valence-electron chi connectivity index (χ0n) is 16.7. The zero-order valence-corrected chi connectivity index (χ0v) is 19.1. The summed E-state index contributed by atoms with van der Waals surface area (Å²) in [5, 5.41) is 2.17. The highest BCUT2D eigenvalue weighted by Gasteiger charge is 2.45. The van der Waals surface area contributed by atoms with E-state index in [1.54, 1.807) is 39.3 Å². The van der Waals surface area contributed by atoms with E-state index in [1.807, 2.05) is 20.3 Å². The molecule has 8 nitrogen and oxygen atoms in total. The molecular formula is C19H22ClN5O3S2. The molecule has 2 aromatic rings. The van der Waals surface area contributed by atoms with Crippen molar-refractivity contribution < 1.29 is 13.2 Å². The molecule has 0 bridgehead atoms. The molecule has 0 saturated carbocycles. The standard InChI is InChI=1S/C19H22ClN5O3S2/c1-12(26)25-11-13(6-7-23(2)3)15-10-14(4-5-16(15)25)22-30(27,28)18-17(20)21-19-24(18)8-9-29-19/h4-5,8-11,17-18,22H,6-7H2,1-3H3. The van der Waals surface area contributed by atoms with Crippen LogP contribution in [0.2, 0.25) is 0 Å². The lowest BCUT2D eigenvalue weighted by molar-refractivity contribution is 0.0941. The van der Waals surface area contributed by atoms with Gasteiger partial charge in [0.15, 0.2) is 16.0 Å². The third kappa shape index (κ3) is 3.84. The Labute approximate surface area is 184 Å². The summed E-state index contributed by atoms with van der Waals surface area (Å²) >= 11 is 7.56. The van der Waals surface area contributed by atoms with Gasteiger partial charge in [-0.25, -0.2) is 13.4 Å². The van der Waals surface area contributed by atoms with Crippen LogP contribution in [0.3, 0.4) is 0 Å². The van der Waals surface area contributed by atoms with Crippen molar-refractivity contribution in [3.8, 4) is 0 Å². The maximum absolute atomic E-state index is 13.1. The molecular weight excluding hydrogens is 446 g/mol. The van der Waals surface area contributed by atoms with E-state index in [-0.39, 0.29) is 5.91 Å². The van der Waals surface area contributed by atoms with Gasteiger partial charge >= 0.3 is 0 Å². The van der Waals surface area contributed by atoms with Gasteiger partial charge in [0.1, 0.15) is 0 Å². The number of aromatic nitrogens is 1. The van der Waals surface area contributed by atoms with Crippen LogP contribution in [0, 0.1) is 0 Å². The second-order valence-electron chi connectivity index (χ2n) is 7.46. The summed E-state index contributed by atoms with van der Waals surface area (Å²) in [5.41, 5.74) is 1.26. The quantitative estimate of drug-likeness (QED) is 0.519. The molecule has 0 saturated heterocycles. The van der Waals surface area contributed by atoms with E-state index in [4.69, 9.17) is 11.6 Å². The summed E-state index contributed by atoms with van der Waals surface area (Å²) in [5.74, 6) is -0.0941. The number of halogens is 1. The topological polar surface area (TPSA) is 87.0 Å². The van der Waals surface area contributed by atoms with Crippen LogP contribution in [-0.4, -0.2) is 65.4 Å². The number of likely N-dealkylation sites (N-methyl/N-ethyl adjacent to an activating group) is 1. The van der Waals surface area contributed by atoms with E-state index in [9.17, 15) is 13.2 Å². The molecule has 3 heterocycles. The van der Waals surface area contributed by atoms with Crippen molar-refractivity contribution in [1.82, 2.24) is 14.4 Å². The van der Waals surface area contributed by atoms with Gasteiger partial charge in [-0.05, 0) is 49.7 Å². The Kier molecular flexibility index (Phi) is 5.60. The van der Waals surface area contributed by atoms with Crippen molar-refractivity contribution in [2.45, 2.75) is 24.2 Å². The summed E-state index contributed by atoms with van der Waals surface area (Å²) < 4.78 is 30.4. The lowest BCUT2D eigenvalue weighted by Crippen LogP contribution is -2.42. The predicted molar refractivity (Wildman–Crippen MR) is 122 cm³/mol. The Morgan fingerprint density at radius 3 is 2.83 bits per heavy atom. The molecule has 1 aromatic carbocycles. The van der Waals surface area contributed by atoms with Gasteiger partial charge in [0.2, 0.25) is 5.91 Å². The number of fused-ring (bicyclic) bond motifs is 2. The highest BCUT2D eigenvalue weighted by atomic mass is 35.5. The number of aliphatic imine (C=N–C) groups is 1. The predicted octanol–water partition coefficient (Wildman–Crippen LogP) is 2.93. The van der Waals surface area contributed by atoms with Gasteiger partial charge in [0.05, 0.1) is 5.52 Å². The van der Waals surface area contributed by atoms with E-state index < -0.39 is 20.9 Å². The lowest BCUT2D eigenvalue weighted by Gasteiger charge is -2.23. The summed E-state index contributed by atoms with van der Waals surface area (Å²) in [6, 6.07) is 5.18. The first-order valence-corrected chi connectivity index (χ1v) is 12.2. The number of amidine groups is 1. The molecule has 2 aliphatic heterocycles. The SMILES string of the molecule is CC(=O)n1cc(CCN(C)C)c2cc(NS(=O)(=O)C3C(Cl)N=C4SC=CN43)ccc21. The first-order valence-electron chi connectivity index (χ1n) is 9.32. The van der Waals surface area contributed by atoms with Crippen molar-refractivity contribution in [3.05, 3.63) is 41.6 Å². The molecule has 0 fully saturated rings. The molecule has 2 unspecified atom stereocenters. The van der Waals surface area contributed by atoms with Crippen LogP contribution in [-0.2, 0) is 16.4 Å². The molecule has 1 aromatic heterocycles. The number of carbonyl (C=O) groups excluding carboxylic acids is 1. The monoisotopic (exact) mass is 467 g/mol. The Morgan fingerprint density at radius 2 is 2.13 bits per heavy atom. The Morgan fingerprint density at radius 1 is 1.37 bits per heavy atom. The van der Waals surface area contributed by atoms with E-state index in [0.29, 0.717) is 10.9 Å². The molecule has 30 heavy (non-hydrogen) atoms. The molecule has 1 N–H and O–H groups in total. The Bertz CT molecular complexity index is 1170. The minimum absolute atomic E-state index is 0.0941. The molecule has 0 radical (unpaired) electrons. The molecule has 2 aliphatic rings. The van der Waals surface area contributed by atoms with E-state index in [2.05, 4.69) is 14.6 Å². The second kappa shape index (κ2) is 7.92. The number of rotatable bonds is 6. The fraction of sp³-hybridized carbons (Fsp3) is 0.368. The number of hydrogen-bond acceptors (Lipinski definition) is 7. The van der Waals surface area contributed by atoms with Gasteiger partial charge in [-0.1, -0.05) is 23.4 Å². The maximum atomic E-state index is 13.1. The number of nitrogens with zero attached hydrogens (tertiary/aromatic N) is 4. The van der Waals surface area contributed by atoms with E-state index >= 15 is 0 Å². The lowest BCUT2D eigenvalue weighted by atomic mass is 10.1. The molecule has 4 rings (SSSR count). The average molecular weight is 468 g/mol. The Hall–Kier alpha value is -2.01. The van der Waals surface area contributed by atoms with Gasteiger partial charge in [0, 0.05) is 36.9 Å². The molecule has 0 amide bonds. The minimum Gasteiger partial charge on any atom is -0.309 e. The largest absolute Gasteiger partial charge is 0.309 e. The number of nitrogens with one attached hydrogen (secondary N) is 1. The van der Waals surface area contributed by atoms with E-state index in [1.165, 1.54) is 18.7 Å². The molecule has 11 heteroatoms. The van der Waals surface area contributed by atoms with Crippen LogP contribution in [0.1, 0.15) is 17.3 Å². The van der Waals surface area contributed by atoms with Gasteiger partial charge in [-0.2, -0.15) is 0 Å². The number of carbonyl (C=O) groups is 1. The average Bonchev–Trinajstić information content (AvgIpc) is 3.31. The molecule has 160 valence electrons. The van der Waals surface area contributed by atoms with Gasteiger partial charge in [-0.15, -0.1) is 0 Å². The normalized spacial score (nSPS) is 20.8. The number of alkyl halides is 1. The van der Waals surface area contributed by atoms with Gasteiger partial charge < -0.3 is 9.80 Å². The van der Waals surface area contributed by atoms with Crippen molar-refractivity contribution in [1.29, 1.82) is 0 Å². The number of anilines is 1. The molecule has 0 spiro atoms. The maximum Gasteiger partial charge on any atom is 0.257 e. The first-order chi connectivity index (χ1) is 14.2. The zero-order chi connectivity index (χ0) is 21.6. The minimum atomic E-state index is -3.85. The van der Waals surface area contributed by atoms with E-state index in [0.717, 1.165) is 29.4 Å². The third-order valence-electron chi connectivity index (χ3n) is 4.99. The number of hydrogen-bond donors (Lipinski definition) is 1. The molecule has 2 atom stereocenters. The summed E-state index contributed by atoms with van der Waals surface area (Å²) in [7, 11) is 0.113. The van der Waals surface area contributed by atoms with Crippen LogP contribution in [0.4, 0.5) is 5.69 Å². The number of benzene rings is 1. The number of thioether (sulfide) groups is 1. The van der Waals surface area contributed by atoms with Crippen molar-refractivity contribution in [3.63, 3.8) is 0 Å². The van der Waals surface area contributed by atoms with Crippen LogP contribution < -0.4 is 4.72 Å². The smallest absolute Gasteiger partial charge is 0.257 e. The fourth-order valence-electron chi connectivity index (χ4n) is 3.56. The summed E-state index contributed by atoms with van der Waals surface area (Å²) in [6.45, 7) is 2.31. The fourth-order valence-corrected chi connectivity index (χ4v) is 6.49. The van der Waals surface area contributed by atoms with Crippen molar-refractivity contribution >= 4 is 61.1 Å². The van der Waals surface area contributed by atoms with Crippen LogP contribution in [0.5, 0.6) is 0 Å². The van der Waals surface area contributed by atoms with Crippen LogP contribution in [0.15, 0.2) is 41.0 Å². The van der Waals surface area contributed by atoms with Crippen LogP contribution in [0.25, 0.3) is 10.9 Å². The third-order valence-corrected chi connectivity index (χ3v) is 7.90.